The molecule has 0 unspecified atom stereocenters. The van der Waals surface area contributed by atoms with Gasteiger partial charge in [0.15, 0.2) is 28.5 Å². The number of nitrogens with zero attached hydrogens (tertiary/aromatic N) is 5. The highest BCUT2D eigenvalue weighted by Gasteiger charge is 2.18. The lowest BCUT2D eigenvalue weighted by Crippen LogP contribution is -2.44. The smallest absolute Gasteiger partial charge is 0.224 e. The van der Waals surface area contributed by atoms with Crippen LogP contribution in [-0.2, 0) is 9.59 Å². The van der Waals surface area contributed by atoms with Gasteiger partial charge in [-0.05, 0) is 56.3 Å². The summed E-state index contributed by atoms with van der Waals surface area (Å²) in [5, 5.41) is 5.35. The number of likely N-dealkylation sites (N-methyl/N-ethyl adjacent to an activating group) is 1. The van der Waals surface area contributed by atoms with Crippen molar-refractivity contribution in [1.82, 2.24) is 19.9 Å². The number of hydrogen-bond donors (Lipinski definition) is 2. The molecule has 218 valence electrons. The van der Waals surface area contributed by atoms with E-state index in [1.54, 1.807) is 24.5 Å². The summed E-state index contributed by atoms with van der Waals surface area (Å²) >= 11 is 0. The Morgan fingerprint density at radius 1 is 0.857 bits per heavy atom. The number of amides is 2. The molecule has 0 radical (unpaired) electrons. The molecule has 10 nitrogen and oxygen atoms in total. The third-order valence-electron chi connectivity index (χ3n) is 6.85. The van der Waals surface area contributed by atoms with Crippen LogP contribution in [0.15, 0.2) is 60.9 Å². The second kappa shape index (κ2) is 13.3. The van der Waals surface area contributed by atoms with Gasteiger partial charge in [0.05, 0.1) is 6.20 Å². The van der Waals surface area contributed by atoms with Crippen LogP contribution in [0.4, 0.5) is 26.0 Å². The summed E-state index contributed by atoms with van der Waals surface area (Å²) in [6.45, 7) is 3.56. The van der Waals surface area contributed by atoms with Gasteiger partial charge >= 0.3 is 0 Å². The molecule has 5 rings (SSSR count). The van der Waals surface area contributed by atoms with E-state index in [9.17, 15) is 18.4 Å². The number of piperazine rings is 1. The molecule has 3 heterocycles. The number of unbranched alkanes of at least 4 members (excludes halogenated alkanes) is 1. The summed E-state index contributed by atoms with van der Waals surface area (Å²) in [4.78, 5) is 42.2. The van der Waals surface area contributed by atoms with Gasteiger partial charge in [-0.15, -0.1) is 0 Å². The molecule has 1 aliphatic rings. The number of carbonyl (C=O) groups excluding carboxylic acids is 2. The van der Waals surface area contributed by atoms with Crippen molar-refractivity contribution in [2.24, 2.45) is 0 Å². The number of carbonyl (C=O) groups is 2. The van der Waals surface area contributed by atoms with Crippen molar-refractivity contribution < 1.29 is 23.1 Å². The Bertz CT molecular complexity index is 1560. The molecular formula is C30H31F2N7O3. The first-order valence-corrected chi connectivity index (χ1v) is 13.7. The van der Waals surface area contributed by atoms with Crippen LogP contribution in [0.25, 0.3) is 11.2 Å². The SMILES string of the molecule is CN1CCN(c2cnc3c(Oc4ccc(NC(=O)CCCCC(=O)Nc5ccc(F)cc5)cc4F)ccnc3n2)CC1. The number of rotatable bonds is 10. The quantitative estimate of drug-likeness (QED) is 0.255. The molecule has 1 saturated heterocycles. The van der Waals surface area contributed by atoms with E-state index in [-0.39, 0.29) is 41.9 Å². The lowest BCUT2D eigenvalue weighted by molar-refractivity contribution is -0.118. The van der Waals surface area contributed by atoms with E-state index in [4.69, 9.17) is 4.74 Å². The number of fused-ring (bicyclic) bond motifs is 1. The van der Waals surface area contributed by atoms with Crippen molar-refractivity contribution >= 4 is 40.2 Å². The second-order valence-corrected chi connectivity index (χ2v) is 10.1. The average Bonchev–Trinajstić information content (AvgIpc) is 2.98. The molecule has 4 aromatic rings. The number of ether oxygens (including phenoxy) is 1. The summed E-state index contributed by atoms with van der Waals surface area (Å²) in [6.07, 6.45) is 4.56. The van der Waals surface area contributed by atoms with Gasteiger partial charge in [0.2, 0.25) is 11.8 Å². The number of aromatic nitrogens is 3. The zero-order valence-electron chi connectivity index (χ0n) is 23.1. The van der Waals surface area contributed by atoms with E-state index < -0.39 is 5.82 Å². The number of hydrogen-bond acceptors (Lipinski definition) is 8. The molecule has 0 atom stereocenters. The summed E-state index contributed by atoms with van der Waals surface area (Å²) in [5.41, 5.74) is 1.61. The maximum Gasteiger partial charge on any atom is 0.224 e. The zero-order valence-corrected chi connectivity index (χ0v) is 23.1. The van der Waals surface area contributed by atoms with Gasteiger partial charge in [-0.25, -0.2) is 23.7 Å². The molecule has 0 saturated carbocycles. The van der Waals surface area contributed by atoms with Crippen LogP contribution in [0.1, 0.15) is 25.7 Å². The summed E-state index contributed by atoms with van der Waals surface area (Å²) in [5.74, 6) is -0.531. The number of benzene rings is 2. The molecule has 2 aromatic carbocycles. The average molecular weight is 576 g/mol. The van der Waals surface area contributed by atoms with Crippen LogP contribution in [-0.4, -0.2) is 64.9 Å². The Balaban J connectivity index is 1.12. The fourth-order valence-corrected chi connectivity index (χ4v) is 4.49. The van der Waals surface area contributed by atoms with Crippen molar-refractivity contribution in [3.63, 3.8) is 0 Å². The minimum Gasteiger partial charge on any atom is -0.452 e. The molecule has 12 heteroatoms. The Morgan fingerprint density at radius 2 is 1.52 bits per heavy atom. The number of halogens is 2. The van der Waals surface area contributed by atoms with Gasteiger partial charge in [0.1, 0.15) is 11.6 Å². The maximum atomic E-state index is 14.9. The van der Waals surface area contributed by atoms with Gasteiger partial charge < -0.3 is 25.2 Å². The van der Waals surface area contributed by atoms with Crippen molar-refractivity contribution in [2.45, 2.75) is 25.7 Å². The number of nitrogens with one attached hydrogen (secondary N) is 2. The molecule has 42 heavy (non-hydrogen) atoms. The first-order chi connectivity index (χ1) is 20.3. The molecule has 1 aliphatic heterocycles. The van der Waals surface area contributed by atoms with E-state index in [0.29, 0.717) is 35.4 Å². The summed E-state index contributed by atoms with van der Waals surface area (Å²) < 4.78 is 33.7. The minimum atomic E-state index is -0.655. The lowest BCUT2D eigenvalue weighted by Gasteiger charge is -2.32. The van der Waals surface area contributed by atoms with E-state index in [2.05, 4.69) is 42.4 Å². The normalized spacial score (nSPS) is 13.6. The van der Waals surface area contributed by atoms with Crippen LogP contribution in [0.2, 0.25) is 0 Å². The third-order valence-corrected chi connectivity index (χ3v) is 6.85. The van der Waals surface area contributed by atoms with Crippen molar-refractivity contribution in [3.8, 4) is 11.5 Å². The topological polar surface area (TPSA) is 113 Å². The largest absolute Gasteiger partial charge is 0.452 e. The predicted octanol–water partition coefficient (Wildman–Crippen LogP) is 4.98. The maximum absolute atomic E-state index is 14.9. The Hall–Kier alpha value is -4.71. The summed E-state index contributed by atoms with van der Waals surface area (Å²) in [6, 6.07) is 11.3. The van der Waals surface area contributed by atoms with Gasteiger partial charge in [-0.2, -0.15) is 0 Å². The van der Waals surface area contributed by atoms with Crippen LogP contribution >= 0.6 is 0 Å². The predicted molar refractivity (Wildman–Crippen MR) is 156 cm³/mol. The Kier molecular flexibility index (Phi) is 9.12. The third kappa shape index (κ3) is 7.52. The molecule has 0 spiro atoms. The Labute approximate surface area is 241 Å². The number of pyridine rings is 1. The van der Waals surface area contributed by atoms with Gasteiger partial charge in [0, 0.05) is 68.7 Å². The van der Waals surface area contributed by atoms with E-state index in [0.717, 1.165) is 32.0 Å². The Morgan fingerprint density at radius 3 is 2.21 bits per heavy atom. The number of anilines is 3. The first-order valence-electron chi connectivity index (χ1n) is 13.7. The van der Waals surface area contributed by atoms with Crippen molar-refractivity contribution in [1.29, 1.82) is 0 Å². The highest BCUT2D eigenvalue weighted by molar-refractivity contribution is 5.91. The van der Waals surface area contributed by atoms with E-state index in [1.807, 2.05) is 0 Å². The van der Waals surface area contributed by atoms with Gasteiger partial charge in [-0.1, -0.05) is 0 Å². The standard InChI is InChI=1S/C30H31F2N7O3/c1-38-14-16-39(17-15-38)26-19-34-29-25(12-13-33-30(29)37-26)42-24-11-10-22(18-23(24)32)36-28(41)5-3-2-4-27(40)35-21-8-6-20(31)7-9-21/h6-13,18-19H,2-5,14-17H2,1H3,(H,35,40)(H,36,41). The van der Waals surface area contributed by atoms with Gasteiger partial charge in [-0.3, -0.25) is 9.59 Å². The molecular weight excluding hydrogens is 544 g/mol. The van der Waals surface area contributed by atoms with Crippen LogP contribution in [0.5, 0.6) is 11.5 Å². The van der Waals surface area contributed by atoms with Crippen LogP contribution in [0.3, 0.4) is 0 Å². The molecule has 1 fully saturated rings. The molecule has 2 aromatic heterocycles. The van der Waals surface area contributed by atoms with Crippen molar-refractivity contribution in [2.75, 3.05) is 48.8 Å². The highest BCUT2D eigenvalue weighted by atomic mass is 19.1. The molecule has 2 N–H and O–H groups in total. The van der Waals surface area contributed by atoms with Crippen LogP contribution in [0, 0.1) is 11.6 Å². The fourth-order valence-electron chi connectivity index (χ4n) is 4.49. The lowest BCUT2D eigenvalue weighted by atomic mass is 10.1. The molecule has 2 amide bonds. The minimum absolute atomic E-state index is 0.0300. The van der Waals surface area contributed by atoms with E-state index >= 15 is 0 Å². The molecule has 0 aliphatic carbocycles. The van der Waals surface area contributed by atoms with Crippen molar-refractivity contribution in [3.05, 3.63) is 72.6 Å². The fraction of sp³-hybridized carbons (Fsp3) is 0.300. The first kappa shape index (κ1) is 28.8. The molecule has 0 bridgehead atoms. The van der Waals surface area contributed by atoms with E-state index in [1.165, 1.54) is 36.4 Å². The summed E-state index contributed by atoms with van der Waals surface area (Å²) in [7, 11) is 2.08. The second-order valence-electron chi connectivity index (χ2n) is 10.1. The highest BCUT2D eigenvalue weighted by Crippen LogP contribution is 2.31. The van der Waals surface area contributed by atoms with Gasteiger partial charge in [0.25, 0.3) is 0 Å². The monoisotopic (exact) mass is 575 g/mol. The zero-order chi connectivity index (χ0) is 29.5. The van der Waals surface area contributed by atoms with Crippen LogP contribution < -0.4 is 20.3 Å².